The first-order valence-electron chi connectivity index (χ1n) is 15.5. The van der Waals surface area contributed by atoms with Crippen LogP contribution in [0.4, 0.5) is 0 Å². The minimum atomic E-state index is 0.680. The Morgan fingerprint density at radius 2 is 0.812 bits per heavy atom. The third kappa shape index (κ3) is 5.76. The van der Waals surface area contributed by atoms with Crippen molar-refractivity contribution in [2.75, 3.05) is 28.4 Å². The second kappa shape index (κ2) is 13.2. The van der Waals surface area contributed by atoms with E-state index in [4.69, 9.17) is 28.9 Å². The van der Waals surface area contributed by atoms with Gasteiger partial charge in [-0.15, -0.1) is 0 Å². The number of nitrogens with zero attached hydrogens (tertiary/aromatic N) is 2. The highest BCUT2D eigenvalue weighted by Gasteiger charge is 2.21. The van der Waals surface area contributed by atoms with Gasteiger partial charge in [-0.25, -0.2) is 9.97 Å². The van der Waals surface area contributed by atoms with Crippen LogP contribution in [0.5, 0.6) is 23.0 Å². The average Bonchev–Trinajstić information content (AvgIpc) is 3.81. The molecule has 0 unspecified atom stereocenters. The number of imidazole rings is 2. The first-order chi connectivity index (χ1) is 23.6. The number of rotatable bonds is 10. The van der Waals surface area contributed by atoms with Crippen LogP contribution in [0.2, 0.25) is 0 Å². The van der Waals surface area contributed by atoms with E-state index in [1.807, 2.05) is 72.8 Å². The molecule has 2 N–H and O–H groups in total. The summed E-state index contributed by atoms with van der Waals surface area (Å²) in [5.74, 6) is 4.18. The van der Waals surface area contributed by atoms with Gasteiger partial charge in [0.15, 0.2) is 0 Å². The Morgan fingerprint density at radius 1 is 0.417 bits per heavy atom. The molecule has 0 spiro atoms. The zero-order chi connectivity index (χ0) is 33.0. The molecule has 0 atom stereocenters. The lowest BCUT2D eigenvalue weighted by atomic mass is 10.0. The van der Waals surface area contributed by atoms with Crippen molar-refractivity contribution >= 4 is 0 Å². The molecule has 7 aromatic rings. The van der Waals surface area contributed by atoms with Crippen molar-refractivity contribution in [3.05, 3.63) is 121 Å². The van der Waals surface area contributed by atoms with Gasteiger partial charge in [0.05, 0.1) is 62.3 Å². The van der Waals surface area contributed by atoms with Crippen LogP contribution in [-0.2, 0) is 0 Å². The van der Waals surface area contributed by atoms with Crippen molar-refractivity contribution in [3.63, 3.8) is 0 Å². The van der Waals surface area contributed by atoms with E-state index in [1.54, 1.807) is 28.4 Å². The molecule has 0 saturated carbocycles. The Labute approximate surface area is 279 Å². The van der Waals surface area contributed by atoms with Gasteiger partial charge in [-0.3, -0.25) is 0 Å². The van der Waals surface area contributed by atoms with E-state index in [-0.39, 0.29) is 0 Å². The van der Waals surface area contributed by atoms with Crippen LogP contribution in [0.25, 0.3) is 67.8 Å². The molecule has 0 amide bonds. The van der Waals surface area contributed by atoms with Crippen LogP contribution < -0.4 is 18.9 Å². The number of hydrogen-bond donors (Lipinski definition) is 2. The fraction of sp³-hybridized carbons (Fsp3) is 0.100. The van der Waals surface area contributed by atoms with Crippen molar-refractivity contribution in [1.29, 1.82) is 0 Å². The van der Waals surface area contributed by atoms with Gasteiger partial charge in [-0.05, 0) is 36.4 Å². The largest absolute Gasteiger partial charge is 0.497 e. The van der Waals surface area contributed by atoms with E-state index in [2.05, 4.69) is 58.5 Å². The molecule has 0 aliphatic carbocycles. The summed E-state index contributed by atoms with van der Waals surface area (Å²) in [5.41, 5.74) is 9.01. The predicted molar refractivity (Wildman–Crippen MR) is 190 cm³/mol. The van der Waals surface area contributed by atoms with Crippen molar-refractivity contribution in [2.45, 2.75) is 0 Å². The Balaban J connectivity index is 1.34. The smallest absolute Gasteiger partial charge is 0.142 e. The molecule has 7 rings (SSSR count). The zero-order valence-corrected chi connectivity index (χ0v) is 27.1. The second-order valence-corrected chi connectivity index (χ2v) is 11.1. The molecule has 0 aliphatic heterocycles. The predicted octanol–water partition coefficient (Wildman–Crippen LogP) is 9.17. The quantitative estimate of drug-likeness (QED) is 0.156. The molecule has 0 saturated heterocycles. The van der Waals surface area contributed by atoms with Gasteiger partial charge in [0, 0.05) is 22.3 Å². The topological polar surface area (TPSA) is 94.3 Å². The van der Waals surface area contributed by atoms with Gasteiger partial charge in [0.2, 0.25) is 0 Å². The summed E-state index contributed by atoms with van der Waals surface area (Å²) in [5, 5.41) is 0. The Hall–Kier alpha value is -6.28. The standard InChI is InChI=1S/C40H34N4O4/c1-45-29-19-21-33(47-3)31(23-29)39-41-35(25-11-7-5-8-12-25)37(43-39)27-15-17-28(18-16-27)38-36(26-13-9-6-10-14-26)42-40(44-38)32-24-30(46-2)20-22-34(32)48-4/h5-24H,1-4H3,(H,41,43)(H,42,44). The van der Waals surface area contributed by atoms with E-state index in [0.717, 1.165) is 56.2 Å². The molecule has 8 heteroatoms. The number of hydrogen-bond acceptors (Lipinski definition) is 6. The molecule has 8 nitrogen and oxygen atoms in total. The van der Waals surface area contributed by atoms with Crippen LogP contribution in [0.15, 0.2) is 121 Å². The van der Waals surface area contributed by atoms with Crippen molar-refractivity contribution in [1.82, 2.24) is 19.9 Å². The van der Waals surface area contributed by atoms with E-state index < -0.39 is 0 Å². The van der Waals surface area contributed by atoms with Crippen LogP contribution in [0, 0.1) is 0 Å². The molecule has 238 valence electrons. The Kier molecular flexibility index (Phi) is 8.36. The first-order valence-corrected chi connectivity index (χ1v) is 15.5. The Morgan fingerprint density at radius 3 is 1.17 bits per heavy atom. The van der Waals surface area contributed by atoms with Crippen molar-refractivity contribution < 1.29 is 18.9 Å². The fourth-order valence-corrected chi connectivity index (χ4v) is 5.83. The minimum Gasteiger partial charge on any atom is -0.497 e. The molecule has 48 heavy (non-hydrogen) atoms. The third-order valence-electron chi connectivity index (χ3n) is 8.29. The normalized spacial score (nSPS) is 10.9. The number of benzene rings is 5. The molecule has 0 aliphatic rings. The minimum absolute atomic E-state index is 0.680. The molecular weight excluding hydrogens is 600 g/mol. The summed E-state index contributed by atoms with van der Waals surface area (Å²) in [6, 6.07) is 40.1. The summed E-state index contributed by atoms with van der Waals surface area (Å²) in [6.45, 7) is 0. The van der Waals surface area contributed by atoms with Gasteiger partial charge in [-0.1, -0.05) is 84.9 Å². The number of methoxy groups -OCH3 is 4. The molecular formula is C40H34N4O4. The highest BCUT2D eigenvalue weighted by Crippen LogP contribution is 2.40. The highest BCUT2D eigenvalue weighted by molar-refractivity contribution is 5.86. The molecule has 0 bridgehead atoms. The van der Waals surface area contributed by atoms with Gasteiger partial charge in [0.1, 0.15) is 34.6 Å². The maximum Gasteiger partial charge on any atom is 0.142 e. The summed E-state index contributed by atoms with van der Waals surface area (Å²) >= 11 is 0. The number of nitrogens with one attached hydrogen (secondary N) is 2. The van der Waals surface area contributed by atoms with E-state index in [1.165, 1.54) is 0 Å². The lowest BCUT2D eigenvalue weighted by molar-refractivity contribution is 0.404. The van der Waals surface area contributed by atoms with E-state index in [0.29, 0.717) is 34.6 Å². The summed E-state index contributed by atoms with van der Waals surface area (Å²) in [6.07, 6.45) is 0. The van der Waals surface area contributed by atoms with Crippen molar-refractivity contribution in [2.24, 2.45) is 0 Å². The lowest BCUT2D eigenvalue weighted by Gasteiger charge is -2.08. The summed E-state index contributed by atoms with van der Waals surface area (Å²) < 4.78 is 22.4. The Bertz CT molecular complexity index is 2020. The molecule has 5 aromatic carbocycles. The summed E-state index contributed by atoms with van der Waals surface area (Å²) in [4.78, 5) is 17.4. The summed E-state index contributed by atoms with van der Waals surface area (Å²) in [7, 11) is 6.60. The molecule has 2 heterocycles. The van der Waals surface area contributed by atoms with Crippen molar-refractivity contribution in [3.8, 4) is 90.8 Å². The lowest BCUT2D eigenvalue weighted by Crippen LogP contribution is -1.91. The third-order valence-corrected chi connectivity index (χ3v) is 8.29. The number of aromatic amines is 2. The monoisotopic (exact) mass is 634 g/mol. The molecule has 2 aromatic heterocycles. The van der Waals surface area contributed by atoms with Crippen LogP contribution in [0.1, 0.15) is 0 Å². The van der Waals surface area contributed by atoms with E-state index >= 15 is 0 Å². The molecule has 0 radical (unpaired) electrons. The first kappa shape index (κ1) is 30.4. The zero-order valence-electron chi connectivity index (χ0n) is 27.1. The SMILES string of the molecule is COc1ccc(OC)c(-c2nc(-c3ccc(-c4nc(-c5cc(OC)ccc5OC)[nH]c4-c4ccccc4)cc3)c(-c3ccccc3)[nH]2)c1. The average molecular weight is 635 g/mol. The maximum atomic E-state index is 5.69. The van der Waals surface area contributed by atoms with Gasteiger partial charge < -0.3 is 28.9 Å². The maximum absolute atomic E-state index is 5.69. The number of aromatic nitrogens is 4. The van der Waals surface area contributed by atoms with Gasteiger partial charge in [0.25, 0.3) is 0 Å². The van der Waals surface area contributed by atoms with Gasteiger partial charge >= 0.3 is 0 Å². The number of H-pyrrole nitrogens is 2. The number of ether oxygens (including phenoxy) is 4. The van der Waals surface area contributed by atoms with Crippen LogP contribution >= 0.6 is 0 Å². The van der Waals surface area contributed by atoms with Crippen LogP contribution in [0.3, 0.4) is 0 Å². The highest BCUT2D eigenvalue weighted by atomic mass is 16.5. The fourth-order valence-electron chi connectivity index (χ4n) is 5.83. The second-order valence-electron chi connectivity index (χ2n) is 11.1. The molecule has 0 fully saturated rings. The van der Waals surface area contributed by atoms with Crippen LogP contribution in [-0.4, -0.2) is 48.4 Å². The van der Waals surface area contributed by atoms with Gasteiger partial charge in [-0.2, -0.15) is 0 Å². The van der Waals surface area contributed by atoms with E-state index in [9.17, 15) is 0 Å².